The molecule has 1 atom stereocenters. The molecule has 0 aliphatic carbocycles. The van der Waals surface area contributed by atoms with E-state index in [4.69, 9.17) is 5.73 Å². The predicted molar refractivity (Wildman–Crippen MR) is 75.0 cm³/mol. The molecule has 1 heterocycles. The van der Waals surface area contributed by atoms with E-state index in [0.717, 1.165) is 35.3 Å². The third-order valence-corrected chi connectivity index (χ3v) is 4.21. The van der Waals surface area contributed by atoms with Gasteiger partial charge in [-0.15, -0.1) is 0 Å². The van der Waals surface area contributed by atoms with Crippen LogP contribution in [0.1, 0.15) is 25.2 Å². The van der Waals surface area contributed by atoms with Gasteiger partial charge in [-0.2, -0.15) is 16.9 Å². The minimum Gasteiger partial charge on any atom is -0.327 e. The summed E-state index contributed by atoms with van der Waals surface area (Å²) in [5, 5.41) is 4.57. The first kappa shape index (κ1) is 14.1. The van der Waals surface area contributed by atoms with E-state index in [9.17, 15) is 0 Å². The Balaban J connectivity index is 2.88. The minimum atomic E-state index is 0.206. The summed E-state index contributed by atoms with van der Waals surface area (Å²) in [6.45, 7) is 5.14. The van der Waals surface area contributed by atoms with E-state index in [1.165, 1.54) is 5.69 Å². The van der Waals surface area contributed by atoms with E-state index >= 15 is 0 Å². The number of nitrogens with zero attached hydrogens (tertiary/aromatic N) is 2. The van der Waals surface area contributed by atoms with E-state index in [0.29, 0.717) is 0 Å². The summed E-state index contributed by atoms with van der Waals surface area (Å²) in [5.74, 6) is 0.989. The fourth-order valence-corrected chi connectivity index (χ4v) is 3.01. The van der Waals surface area contributed by atoms with Gasteiger partial charge in [-0.3, -0.25) is 4.68 Å². The largest absolute Gasteiger partial charge is 0.327 e. The highest BCUT2D eigenvalue weighted by atomic mass is 79.9. The minimum absolute atomic E-state index is 0.206. The second-order valence-electron chi connectivity index (χ2n) is 3.80. The zero-order valence-electron chi connectivity index (χ0n) is 10.2. The van der Waals surface area contributed by atoms with Crippen molar-refractivity contribution in [3.63, 3.8) is 0 Å². The first-order chi connectivity index (χ1) is 7.63. The van der Waals surface area contributed by atoms with Crippen molar-refractivity contribution in [3.8, 4) is 0 Å². The smallest absolute Gasteiger partial charge is 0.0766 e. The summed E-state index contributed by atoms with van der Waals surface area (Å²) in [4.78, 5) is 0. The van der Waals surface area contributed by atoms with Crippen LogP contribution in [0.4, 0.5) is 0 Å². The molecule has 1 rings (SSSR count). The standard InChI is InChI=1S/C11H20BrN3S/c1-4-9-11(12)10(15(5-2)14-9)6-8(13)7-16-3/h8H,4-7,13H2,1-3H3. The average Bonchev–Trinajstić information content (AvgIpc) is 2.56. The number of hydrogen-bond donors (Lipinski definition) is 1. The number of thioether (sulfide) groups is 1. The number of hydrogen-bond acceptors (Lipinski definition) is 3. The zero-order chi connectivity index (χ0) is 12.1. The molecule has 0 aromatic carbocycles. The molecular weight excluding hydrogens is 286 g/mol. The molecule has 1 aromatic heterocycles. The maximum Gasteiger partial charge on any atom is 0.0766 e. The van der Waals surface area contributed by atoms with Crippen LogP contribution in [0.25, 0.3) is 0 Å². The van der Waals surface area contributed by atoms with Crippen LogP contribution >= 0.6 is 27.7 Å². The molecule has 2 N–H and O–H groups in total. The Bertz CT molecular complexity index is 338. The van der Waals surface area contributed by atoms with Gasteiger partial charge in [-0.1, -0.05) is 6.92 Å². The zero-order valence-corrected chi connectivity index (χ0v) is 12.6. The number of rotatable bonds is 6. The van der Waals surface area contributed by atoms with Crippen molar-refractivity contribution < 1.29 is 0 Å². The third kappa shape index (κ3) is 3.25. The van der Waals surface area contributed by atoms with Gasteiger partial charge in [0.25, 0.3) is 0 Å². The molecule has 0 aliphatic rings. The molecule has 0 spiro atoms. The van der Waals surface area contributed by atoms with Crippen LogP contribution < -0.4 is 5.73 Å². The van der Waals surface area contributed by atoms with Crippen molar-refractivity contribution in [2.75, 3.05) is 12.0 Å². The lowest BCUT2D eigenvalue weighted by Crippen LogP contribution is -2.27. The van der Waals surface area contributed by atoms with Gasteiger partial charge in [-0.25, -0.2) is 0 Å². The molecule has 5 heteroatoms. The third-order valence-electron chi connectivity index (χ3n) is 2.53. The summed E-state index contributed by atoms with van der Waals surface area (Å²) >= 11 is 5.43. The second kappa shape index (κ2) is 6.67. The Morgan fingerprint density at radius 1 is 1.50 bits per heavy atom. The van der Waals surface area contributed by atoms with E-state index in [-0.39, 0.29) is 6.04 Å². The fraction of sp³-hybridized carbons (Fsp3) is 0.727. The van der Waals surface area contributed by atoms with Crippen LogP contribution in [-0.4, -0.2) is 27.8 Å². The summed E-state index contributed by atoms with van der Waals surface area (Å²) < 4.78 is 3.21. The predicted octanol–water partition coefficient (Wildman–Crippen LogP) is 2.46. The van der Waals surface area contributed by atoms with Crippen molar-refractivity contribution >= 4 is 27.7 Å². The molecule has 0 saturated carbocycles. The first-order valence-electron chi connectivity index (χ1n) is 5.62. The second-order valence-corrected chi connectivity index (χ2v) is 5.50. The quantitative estimate of drug-likeness (QED) is 0.878. The van der Waals surface area contributed by atoms with Gasteiger partial charge in [0.15, 0.2) is 0 Å². The van der Waals surface area contributed by atoms with Crippen molar-refractivity contribution in [1.29, 1.82) is 0 Å². The highest BCUT2D eigenvalue weighted by Crippen LogP contribution is 2.23. The molecule has 3 nitrogen and oxygen atoms in total. The Morgan fingerprint density at radius 3 is 2.69 bits per heavy atom. The SMILES string of the molecule is CCc1nn(CC)c(CC(N)CSC)c1Br. The lowest BCUT2D eigenvalue weighted by atomic mass is 10.2. The lowest BCUT2D eigenvalue weighted by molar-refractivity contribution is 0.591. The molecule has 0 bridgehead atoms. The van der Waals surface area contributed by atoms with Crippen LogP contribution in [0.5, 0.6) is 0 Å². The van der Waals surface area contributed by atoms with Gasteiger partial charge >= 0.3 is 0 Å². The first-order valence-corrected chi connectivity index (χ1v) is 7.81. The van der Waals surface area contributed by atoms with Crippen LogP contribution in [0, 0.1) is 0 Å². The van der Waals surface area contributed by atoms with E-state index in [1.54, 1.807) is 11.8 Å². The molecule has 0 amide bonds. The van der Waals surface area contributed by atoms with E-state index in [2.05, 4.69) is 45.8 Å². The summed E-state index contributed by atoms with van der Waals surface area (Å²) in [7, 11) is 0. The molecule has 0 fully saturated rings. The molecule has 0 aliphatic heterocycles. The van der Waals surface area contributed by atoms with Crippen LogP contribution in [0.3, 0.4) is 0 Å². The monoisotopic (exact) mass is 305 g/mol. The highest BCUT2D eigenvalue weighted by molar-refractivity contribution is 9.10. The topological polar surface area (TPSA) is 43.8 Å². The van der Waals surface area contributed by atoms with Crippen molar-refractivity contribution in [2.24, 2.45) is 5.73 Å². The van der Waals surface area contributed by atoms with Crippen molar-refractivity contribution in [1.82, 2.24) is 9.78 Å². The Hall–Kier alpha value is -0.000000000000000111. The summed E-state index contributed by atoms with van der Waals surface area (Å²) in [5.41, 5.74) is 8.45. The maximum atomic E-state index is 6.08. The van der Waals surface area contributed by atoms with Crippen LogP contribution in [-0.2, 0) is 19.4 Å². The molecule has 92 valence electrons. The van der Waals surface area contributed by atoms with Crippen LogP contribution in [0.15, 0.2) is 4.47 Å². The van der Waals surface area contributed by atoms with Gasteiger partial charge in [0, 0.05) is 24.8 Å². The average molecular weight is 306 g/mol. The number of aryl methyl sites for hydroxylation is 2. The van der Waals surface area contributed by atoms with Gasteiger partial charge < -0.3 is 5.73 Å². The number of halogens is 1. The Labute approximate surface area is 110 Å². The lowest BCUT2D eigenvalue weighted by Gasteiger charge is -2.11. The number of nitrogens with two attached hydrogens (primary N) is 1. The van der Waals surface area contributed by atoms with Crippen molar-refractivity contribution in [3.05, 3.63) is 15.9 Å². The van der Waals surface area contributed by atoms with Gasteiger partial charge in [-0.05, 0) is 35.5 Å². The summed E-state index contributed by atoms with van der Waals surface area (Å²) in [6.07, 6.45) is 3.93. The molecule has 1 unspecified atom stereocenters. The van der Waals surface area contributed by atoms with Gasteiger partial charge in [0.05, 0.1) is 15.9 Å². The highest BCUT2D eigenvalue weighted by Gasteiger charge is 2.16. The molecule has 1 aromatic rings. The fourth-order valence-electron chi connectivity index (χ4n) is 1.73. The van der Waals surface area contributed by atoms with Gasteiger partial charge in [0.1, 0.15) is 0 Å². The normalized spacial score (nSPS) is 13.1. The van der Waals surface area contributed by atoms with Gasteiger partial charge in [0.2, 0.25) is 0 Å². The van der Waals surface area contributed by atoms with E-state index in [1.807, 2.05) is 0 Å². The summed E-state index contributed by atoms with van der Waals surface area (Å²) in [6, 6.07) is 0.206. The Morgan fingerprint density at radius 2 is 2.19 bits per heavy atom. The Kier molecular flexibility index (Phi) is 5.86. The molecule has 0 saturated heterocycles. The van der Waals surface area contributed by atoms with E-state index < -0.39 is 0 Å². The van der Waals surface area contributed by atoms with Crippen molar-refractivity contribution in [2.45, 2.75) is 39.3 Å². The molecule has 0 radical (unpaired) electrons. The van der Waals surface area contributed by atoms with Crippen LogP contribution in [0.2, 0.25) is 0 Å². The molecular formula is C11H20BrN3S. The number of aromatic nitrogens is 2. The maximum absolute atomic E-state index is 6.08. The molecule has 16 heavy (non-hydrogen) atoms.